The topological polar surface area (TPSA) is 12.9 Å². The molecule has 0 fully saturated rings. The number of hydrogen-bond acceptors (Lipinski definition) is 1. The molecule has 1 heterocycles. The van der Waals surface area contributed by atoms with Gasteiger partial charge in [-0.05, 0) is 0 Å². The predicted molar refractivity (Wildman–Crippen MR) is 25.9 cm³/mol. The Kier molecular flexibility index (Phi) is 1.29. The van der Waals surface area contributed by atoms with Crippen molar-refractivity contribution in [3.8, 4) is 0 Å². The zero-order valence-corrected chi connectivity index (χ0v) is 5.84. The van der Waals surface area contributed by atoms with Crippen LogP contribution in [0.2, 0.25) is 0 Å². The van der Waals surface area contributed by atoms with E-state index in [0.29, 0.717) is 0 Å². The summed E-state index contributed by atoms with van der Waals surface area (Å²) in [5.74, 6) is 0. The van der Waals surface area contributed by atoms with Crippen molar-refractivity contribution in [1.82, 2.24) is 3.21 Å². The third-order valence-electron chi connectivity index (χ3n) is 0.567. The summed E-state index contributed by atoms with van der Waals surface area (Å²) in [4.78, 5) is 0. The molecular formula is C4H5NTe. The Morgan fingerprint density at radius 2 is 2.67 bits per heavy atom. The minimum atomic E-state index is -0.0367. The van der Waals surface area contributed by atoms with E-state index in [1.54, 1.807) is 0 Å². The van der Waals surface area contributed by atoms with E-state index in [9.17, 15) is 0 Å². The maximum absolute atomic E-state index is 4.08. The van der Waals surface area contributed by atoms with Crippen LogP contribution in [0.1, 0.15) is 3.58 Å². The standard InChI is InChI=1S/C4H5NTe/c1-4-2-3-5-6-4/h2-3H,1H3. The Morgan fingerprint density at radius 1 is 1.83 bits per heavy atom. The van der Waals surface area contributed by atoms with Gasteiger partial charge in [-0.2, -0.15) is 0 Å². The molecule has 1 aromatic rings. The van der Waals surface area contributed by atoms with E-state index in [-0.39, 0.29) is 20.7 Å². The molecule has 2 heteroatoms. The van der Waals surface area contributed by atoms with Gasteiger partial charge in [0.05, 0.1) is 0 Å². The molecule has 0 bridgehead atoms. The number of rotatable bonds is 0. The number of aromatic nitrogens is 1. The first kappa shape index (κ1) is 4.36. The minimum absolute atomic E-state index is 0.0367. The molecule has 1 rings (SSSR count). The van der Waals surface area contributed by atoms with Gasteiger partial charge in [-0.25, -0.2) is 0 Å². The van der Waals surface area contributed by atoms with Gasteiger partial charge in [0.25, 0.3) is 0 Å². The Bertz CT molecular complexity index is 111. The van der Waals surface area contributed by atoms with Crippen LogP contribution in [0.15, 0.2) is 12.3 Å². The monoisotopic (exact) mass is 197 g/mol. The number of hydrogen-bond donors (Lipinski definition) is 0. The van der Waals surface area contributed by atoms with Crippen molar-refractivity contribution in [2.45, 2.75) is 6.92 Å². The van der Waals surface area contributed by atoms with Crippen molar-refractivity contribution >= 4 is 20.7 Å². The van der Waals surface area contributed by atoms with Crippen LogP contribution in [0.4, 0.5) is 0 Å². The molecule has 0 aromatic carbocycles. The molecule has 1 nitrogen and oxygen atoms in total. The summed E-state index contributed by atoms with van der Waals surface area (Å²) >= 11 is -0.0367. The first-order chi connectivity index (χ1) is 2.89. The second-order valence-electron chi connectivity index (χ2n) is 1.12. The second kappa shape index (κ2) is 1.77. The zero-order valence-electron chi connectivity index (χ0n) is 3.51. The fourth-order valence-electron chi connectivity index (χ4n) is 0.279. The first-order valence-corrected chi connectivity index (χ1v) is 3.97. The van der Waals surface area contributed by atoms with Gasteiger partial charge in [0.1, 0.15) is 0 Å². The molecule has 1 aromatic heterocycles. The molecule has 0 aliphatic rings. The summed E-state index contributed by atoms with van der Waals surface area (Å²) in [5.41, 5.74) is 0. The maximum atomic E-state index is 4.08. The van der Waals surface area contributed by atoms with Crippen LogP contribution in [0.25, 0.3) is 0 Å². The average Bonchev–Trinajstić information content (AvgIpc) is 1.86. The Labute approximate surface area is 47.0 Å². The molecule has 0 aliphatic heterocycles. The number of nitrogens with zero attached hydrogens (tertiary/aromatic N) is 1. The van der Waals surface area contributed by atoms with E-state index in [4.69, 9.17) is 0 Å². The molecule has 0 unspecified atom stereocenters. The van der Waals surface area contributed by atoms with Gasteiger partial charge < -0.3 is 0 Å². The quantitative estimate of drug-likeness (QED) is 0.547. The van der Waals surface area contributed by atoms with E-state index >= 15 is 0 Å². The van der Waals surface area contributed by atoms with Crippen LogP contribution < -0.4 is 0 Å². The third kappa shape index (κ3) is 0.829. The van der Waals surface area contributed by atoms with E-state index in [1.807, 2.05) is 6.20 Å². The van der Waals surface area contributed by atoms with Crippen molar-refractivity contribution < 1.29 is 0 Å². The molecule has 0 saturated heterocycles. The summed E-state index contributed by atoms with van der Waals surface area (Å²) in [6.45, 7) is 2.13. The fraction of sp³-hybridized carbons (Fsp3) is 0.250. The molecule has 0 amide bonds. The number of aryl methyl sites for hydroxylation is 1. The molecule has 0 spiro atoms. The van der Waals surface area contributed by atoms with Crippen LogP contribution in [-0.2, 0) is 0 Å². The summed E-state index contributed by atoms with van der Waals surface area (Å²) in [6, 6.07) is 2.09. The van der Waals surface area contributed by atoms with Crippen LogP contribution in [0.5, 0.6) is 0 Å². The van der Waals surface area contributed by atoms with Gasteiger partial charge in [-0.15, -0.1) is 0 Å². The second-order valence-corrected chi connectivity index (χ2v) is 4.08. The van der Waals surface area contributed by atoms with E-state index in [2.05, 4.69) is 16.2 Å². The van der Waals surface area contributed by atoms with E-state index in [1.165, 1.54) is 3.58 Å². The molecule has 6 heavy (non-hydrogen) atoms. The molecule has 0 aliphatic carbocycles. The fourth-order valence-corrected chi connectivity index (χ4v) is 1.45. The van der Waals surface area contributed by atoms with E-state index < -0.39 is 0 Å². The zero-order chi connectivity index (χ0) is 4.41. The summed E-state index contributed by atoms with van der Waals surface area (Å²) in [7, 11) is 0. The molecule has 0 saturated carbocycles. The molecule has 0 N–H and O–H groups in total. The van der Waals surface area contributed by atoms with Crippen molar-refractivity contribution in [3.63, 3.8) is 0 Å². The SMILES string of the molecule is Cc1ccn[te]1. The summed E-state index contributed by atoms with van der Waals surface area (Å²) in [6.07, 6.45) is 1.90. The van der Waals surface area contributed by atoms with Crippen LogP contribution in [0.3, 0.4) is 0 Å². The van der Waals surface area contributed by atoms with Gasteiger partial charge in [0.2, 0.25) is 0 Å². The first-order valence-electron chi connectivity index (χ1n) is 1.77. The molecular weight excluding hydrogens is 190 g/mol. The average molecular weight is 195 g/mol. The third-order valence-corrected chi connectivity index (χ3v) is 2.43. The van der Waals surface area contributed by atoms with E-state index in [0.717, 1.165) is 0 Å². The summed E-state index contributed by atoms with van der Waals surface area (Å²) in [5, 5.41) is 0. The normalized spacial score (nSPS) is 8.83. The van der Waals surface area contributed by atoms with Gasteiger partial charge >= 0.3 is 46.7 Å². The van der Waals surface area contributed by atoms with Gasteiger partial charge in [0.15, 0.2) is 0 Å². The van der Waals surface area contributed by atoms with Gasteiger partial charge in [-0.3, -0.25) is 0 Å². The van der Waals surface area contributed by atoms with Crippen molar-refractivity contribution in [3.05, 3.63) is 15.8 Å². The summed E-state index contributed by atoms with van der Waals surface area (Å²) < 4.78 is 5.56. The van der Waals surface area contributed by atoms with Gasteiger partial charge in [0, 0.05) is 0 Å². The predicted octanol–water partition coefficient (Wildman–Crippen LogP) is 0.447. The molecule has 0 radical (unpaired) electrons. The molecule has 0 atom stereocenters. The Balaban J connectivity index is 3.05. The Hall–Kier alpha value is 0.200. The van der Waals surface area contributed by atoms with Crippen LogP contribution in [-0.4, -0.2) is 23.9 Å². The van der Waals surface area contributed by atoms with Gasteiger partial charge in [-0.1, -0.05) is 0 Å². The van der Waals surface area contributed by atoms with Crippen LogP contribution >= 0.6 is 0 Å². The van der Waals surface area contributed by atoms with Crippen molar-refractivity contribution in [2.75, 3.05) is 0 Å². The van der Waals surface area contributed by atoms with Crippen molar-refractivity contribution in [2.24, 2.45) is 0 Å². The molecule has 32 valence electrons. The van der Waals surface area contributed by atoms with Crippen molar-refractivity contribution in [1.29, 1.82) is 0 Å². The Morgan fingerprint density at radius 3 is 2.83 bits per heavy atom. The van der Waals surface area contributed by atoms with Crippen LogP contribution in [0, 0.1) is 6.92 Å².